The van der Waals surface area contributed by atoms with E-state index in [9.17, 15) is 9.90 Å². The van der Waals surface area contributed by atoms with E-state index < -0.39 is 0 Å². The van der Waals surface area contributed by atoms with Crippen molar-refractivity contribution in [2.75, 3.05) is 0 Å². The van der Waals surface area contributed by atoms with Gasteiger partial charge in [-0.25, -0.2) is 5.43 Å². The van der Waals surface area contributed by atoms with Crippen molar-refractivity contribution in [3.63, 3.8) is 0 Å². The number of carbonyl (C=O) groups is 1. The molecule has 4 rings (SSSR count). The first-order valence-electron chi connectivity index (χ1n) is 8.93. The smallest absolute Gasteiger partial charge is 0.244 e. The summed E-state index contributed by atoms with van der Waals surface area (Å²) in [5.74, 6) is -0.0401. The third kappa shape index (κ3) is 3.34. The van der Waals surface area contributed by atoms with E-state index in [1.54, 1.807) is 30.5 Å². The molecule has 0 heterocycles. The van der Waals surface area contributed by atoms with Gasteiger partial charge < -0.3 is 5.11 Å². The van der Waals surface area contributed by atoms with Crippen LogP contribution in [0, 0.1) is 5.92 Å². The van der Waals surface area contributed by atoms with Crippen LogP contribution in [0.1, 0.15) is 23.1 Å². The molecule has 27 heavy (non-hydrogen) atoms. The zero-order valence-electron chi connectivity index (χ0n) is 14.7. The topological polar surface area (TPSA) is 61.7 Å². The van der Waals surface area contributed by atoms with Crippen molar-refractivity contribution < 1.29 is 9.90 Å². The Labute approximate surface area is 158 Å². The van der Waals surface area contributed by atoms with Crippen molar-refractivity contribution in [1.82, 2.24) is 5.43 Å². The van der Waals surface area contributed by atoms with Gasteiger partial charge in [-0.3, -0.25) is 4.79 Å². The quantitative estimate of drug-likeness (QED) is 0.539. The number of phenols is 1. The molecule has 0 aromatic heterocycles. The fraction of sp³-hybridized carbons (Fsp3) is 0.130. The highest BCUT2D eigenvalue weighted by Gasteiger charge is 2.60. The number of nitrogens with zero attached hydrogens (tertiary/aromatic N) is 1. The molecule has 1 aliphatic carbocycles. The van der Waals surface area contributed by atoms with Crippen molar-refractivity contribution in [1.29, 1.82) is 0 Å². The summed E-state index contributed by atoms with van der Waals surface area (Å²) in [6, 6.07) is 27.0. The third-order valence-electron chi connectivity index (χ3n) is 5.14. The van der Waals surface area contributed by atoms with Crippen LogP contribution in [0.5, 0.6) is 5.75 Å². The van der Waals surface area contributed by atoms with E-state index in [-0.39, 0.29) is 23.0 Å². The van der Waals surface area contributed by atoms with Gasteiger partial charge in [-0.2, -0.15) is 5.10 Å². The first kappa shape index (κ1) is 17.0. The van der Waals surface area contributed by atoms with E-state index in [4.69, 9.17) is 0 Å². The second-order valence-corrected chi connectivity index (χ2v) is 6.79. The van der Waals surface area contributed by atoms with Gasteiger partial charge in [0.1, 0.15) is 5.75 Å². The zero-order valence-corrected chi connectivity index (χ0v) is 14.7. The number of rotatable bonds is 5. The van der Waals surface area contributed by atoms with Crippen LogP contribution < -0.4 is 5.43 Å². The number of carbonyl (C=O) groups excluding carboxylic acids is 1. The lowest BCUT2D eigenvalue weighted by atomic mass is 9.85. The highest BCUT2D eigenvalue weighted by molar-refractivity contribution is 5.87. The molecule has 134 valence electrons. The largest absolute Gasteiger partial charge is 0.508 e. The molecular formula is C23H20N2O2. The Morgan fingerprint density at radius 1 is 0.926 bits per heavy atom. The Bertz CT molecular complexity index is 911. The third-order valence-corrected chi connectivity index (χ3v) is 5.14. The molecule has 1 saturated carbocycles. The fourth-order valence-electron chi connectivity index (χ4n) is 3.66. The maximum absolute atomic E-state index is 12.7. The maximum Gasteiger partial charge on any atom is 0.244 e. The molecule has 3 aromatic carbocycles. The Morgan fingerprint density at radius 3 is 2.04 bits per heavy atom. The predicted molar refractivity (Wildman–Crippen MR) is 106 cm³/mol. The SMILES string of the molecule is O=C(N/N=C/c1ccc(O)cc1)C1CC1(c1ccccc1)c1ccccc1. The van der Waals surface area contributed by atoms with Crippen molar-refractivity contribution in [2.45, 2.75) is 11.8 Å². The van der Waals surface area contributed by atoms with Crippen LogP contribution in [0.25, 0.3) is 0 Å². The van der Waals surface area contributed by atoms with Crippen molar-refractivity contribution in [2.24, 2.45) is 11.0 Å². The number of amides is 1. The standard InChI is InChI=1S/C23H20N2O2/c26-20-13-11-17(12-14-20)16-24-25-22(27)21-15-23(21,18-7-3-1-4-8-18)19-9-5-2-6-10-19/h1-14,16,21,26H,15H2,(H,25,27)/b24-16+. The van der Waals surface area contributed by atoms with Gasteiger partial charge in [0.15, 0.2) is 0 Å². The van der Waals surface area contributed by atoms with E-state index in [1.807, 2.05) is 36.4 Å². The van der Waals surface area contributed by atoms with Crippen LogP contribution in [0.3, 0.4) is 0 Å². The molecule has 4 nitrogen and oxygen atoms in total. The number of hydrazone groups is 1. The minimum Gasteiger partial charge on any atom is -0.508 e. The van der Waals surface area contributed by atoms with Crippen molar-refractivity contribution >= 4 is 12.1 Å². The molecule has 1 amide bonds. The van der Waals surface area contributed by atoms with Gasteiger partial charge >= 0.3 is 0 Å². The normalized spacial score (nSPS) is 17.6. The number of aromatic hydroxyl groups is 1. The van der Waals surface area contributed by atoms with Crippen LogP contribution in [0.15, 0.2) is 90.0 Å². The summed E-state index contributed by atoms with van der Waals surface area (Å²) in [7, 11) is 0. The van der Waals surface area contributed by atoms with Gasteiger partial charge in [0.2, 0.25) is 5.91 Å². The molecule has 0 aliphatic heterocycles. The van der Waals surface area contributed by atoms with Crippen LogP contribution in [0.4, 0.5) is 0 Å². The first-order valence-corrected chi connectivity index (χ1v) is 8.93. The van der Waals surface area contributed by atoms with Gasteiger partial charge in [-0.05, 0) is 47.4 Å². The lowest BCUT2D eigenvalue weighted by molar-refractivity contribution is -0.122. The molecule has 0 radical (unpaired) electrons. The van der Waals surface area contributed by atoms with Gasteiger partial charge in [0.05, 0.1) is 12.1 Å². The lowest BCUT2D eigenvalue weighted by Gasteiger charge is -2.18. The Morgan fingerprint density at radius 2 is 1.48 bits per heavy atom. The Hall–Kier alpha value is -3.40. The minimum absolute atomic E-state index is 0.0854. The van der Waals surface area contributed by atoms with E-state index in [2.05, 4.69) is 34.8 Å². The number of nitrogens with one attached hydrogen (secondary N) is 1. The van der Waals surface area contributed by atoms with Crippen molar-refractivity contribution in [3.05, 3.63) is 102 Å². The van der Waals surface area contributed by atoms with E-state index >= 15 is 0 Å². The van der Waals surface area contributed by atoms with Crippen LogP contribution in [0.2, 0.25) is 0 Å². The number of benzene rings is 3. The molecule has 0 spiro atoms. The summed E-state index contributed by atoms with van der Waals surface area (Å²) in [5.41, 5.74) is 5.49. The number of hydrogen-bond donors (Lipinski definition) is 2. The Kier molecular flexibility index (Phi) is 4.47. The number of phenolic OH excluding ortho intramolecular Hbond substituents is 1. The molecule has 1 atom stereocenters. The highest BCUT2D eigenvalue weighted by Crippen LogP contribution is 2.58. The van der Waals surface area contributed by atoms with Gasteiger partial charge in [-0.1, -0.05) is 60.7 Å². The summed E-state index contributed by atoms with van der Waals surface area (Å²) in [5, 5.41) is 13.4. The molecule has 1 unspecified atom stereocenters. The number of hydrogen-bond acceptors (Lipinski definition) is 3. The van der Waals surface area contributed by atoms with Gasteiger partial charge in [0, 0.05) is 5.41 Å². The predicted octanol–water partition coefficient (Wildman–Crippen LogP) is 3.85. The van der Waals surface area contributed by atoms with E-state index in [0.717, 1.165) is 23.1 Å². The zero-order chi connectivity index (χ0) is 18.7. The molecule has 2 N–H and O–H groups in total. The summed E-state index contributed by atoms with van der Waals surface area (Å²) in [6.07, 6.45) is 2.34. The average Bonchev–Trinajstić information content (AvgIpc) is 3.48. The van der Waals surface area contributed by atoms with Crippen molar-refractivity contribution in [3.8, 4) is 5.75 Å². The highest BCUT2D eigenvalue weighted by atomic mass is 16.3. The fourth-order valence-corrected chi connectivity index (χ4v) is 3.66. The molecule has 0 saturated heterocycles. The first-order chi connectivity index (χ1) is 13.2. The summed E-state index contributed by atoms with van der Waals surface area (Å²) in [4.78, 5) is 12.7. The molecule has 0 bridgehead atoms. The monoisotopic (exact) mass is 356 g/mol. The summed E-state index contributed by atoms with van der Waals surface area (Å²) >= 11 is 0. The second-order valence-electron chi connectivity index (χ2n) is 6.79. The molecule has 4 heteroatoms. The molecular weight excluding hydrogens is 336 g/mol. The van der Waals surface area contributed by atoms with Crippen LogP contribution in [-0.4, -0.2) is 17.2 Å². The molecule has 1 aliphatic rings. The average molecular weight is 356 g/mol. The van der Waals surface area contributed by atoms with Gasteiger partial charge in [-0.15, -0.1) is 0 Å². The second kappa shape index (κ2) is 7.08. The lowest BCUT2D eigenvalue weighted by Crippen LogP contribution is -2.25. The summed E-state index contributed by atoms with van der Waals surface area (Å²) in [6.45, 7) is 0. The Balaban J connectivity index is 1.53. The molecule has 1 fully saturated rings. The summed E-state index contributed by atoms with van der Waals surface area (Å²) < 4.78 is 0. The van der Waals surface area contributed by atoms with Gasteiger partial charge in [0.25, 0.3) is 0 Å². The maximum atomic E-state index is 12.7. The minimum atomic E-state index is -0.291. The van der Waals surface area contributed by atoms with E-state index in [1.165, 1.54) is 0 Å². The van der Waals surface area contributed by atoms with Crippen LogP contribution in [-0.2, 0) is 10.2 Å². The molecule has 3 aromatic rings. The van der Waals surface area contributed by atoms with E-state index in [0.29, 0.717) is 0 Å². The van der Waals surface area contributed by atoms with Crippen LogP contribution >= 0.6 is 0 Å².